The summed E-state index contributed by atoms with van der Waals surface area (Å²) in [4.78, 5) is 11.1. The number of nitrogens with one attached hydrogen (secondary N) is 1. The van der Waals surface area contributed by atoms with E-state index < -0.39 is 12.0 Å². The van der Waals surface area contributed by atoms with Gasteiger partial charge in [0.2, 0.25) is 0 Å². The predicted molar refractivity (Wildman–Crippen MR) is 67.1 cm³/mol. The van der Waals surface area contributed by atoms with E-state index in [0.29, 0.717) is 6.10 Å². The van der Waals surface area contributed by atoms with Crippen LogP contribution >= 0.6 is 0 Å². The molecule has 4 nitrogen and oxygen atoms in total. The average Bonchev–Trinajstić information content (AvgIpc) is 2.26. The summed E-state index contributed by atoms with van der Waals surface area (Å²) >= 11 is 0. The molecule has 0 radical (unpaired) electrons. The molecule has 0 aromatic carbocycles. The highest BCUT2D eigenvalue weighted by Gasteiger charge is 2.28. The molecular formula is C13H25NO3. The van der Waals surface area contributed by atoms with Gasteiger partial charge in [-0.15, -0.1) is 0 Å². The Bertz CT molecular complexity index is 241. The minimum atomic E-state index is -0.751. The maximum absolute atomic E-state index is 11.1. The Hall–Kier alpha value is -0.610. The molecule has 4 heteroatoms. The summed E-state index contributed by atoms with van der Waals surface area (Å²) in [5.41, 5.74) is 0. The number of aliphatic carboxylic acids is 1. The van der Waals surface area contributed by atoms with Crippen molar-refractivity contribution in [3.8, 4) is 0 Å². The van der Waals surface area contributed by atoms with Gasteiger partial charge in [-0.05, 0) is 25.2 Å². The lowest BCUT2D eigenvalue weighted by Gasteiger charge is -2.33. The van der Waals surface area contributed by atoms with Gasteiger partial charge in [0.1, 0.15) is 6.04 Å². The standard InChI is InChI=1S/C13H25NO3/c1-4-5-11-8-10(6-7-17-11)14-12(9(2)3)13(15)16/h9-12,14H,4-8H2,1-3H3,(H,15,16). The zero-order valence-corrected chi connectivity index (χ0v) is 11.1. The van der Waals surface area contributed by atoms with E-state index in [2.05, 4.69) is 12.2 Å². The minimum absolute atomic E-state index is 0.111. The van der Waals surface area contributed by atoms with Crippen LogP contribution in [0, 0.1) is 5.92 Å². The largest absolute Gasteiger partial charge is 0.480 e. The molecule has 1 rings (SSSR count). The van der Waals surface area contributed by atoms with Crippen molar-refractivity contribution in [2.75, 3.05) is 6.61 Å². The summed E-state index contributed by atoms with van der Waals surface area (Å²) in [6.45, 7) is 6.77. The third-order valence-corrected chi connectivity index (χ3v) is 3.33. The summed E-state index contributed by atoms with van der Waals surface area (Å²) in [5, 5.41) is 12.4. The lowest BCUT2D eigenvalue weighted by Crippen LogP contribution is -2.49. The van der Waals surface area contributed by atoms with Gasteiger partial charge in [-0.25, -0.2) is 0 Å². The molecule has 0 spiro atoms. The van der Waals surface area contributed by atoms with Gasteiger partial charge in [-0.1, -0.05) is 27.2 Å². The second-order valence-electron chi connectivity index (χ2n) is 5.23. The summed E-state index contributed by atoms with van der Waals surface area (Å²) in [5.74, 6) is -0.640. The van der Waals surface area contributed by atoms with E-state index in [1.165, 1.54) is 0 Å². The molecule has 0 amide bonds. The maximum Gasteiger partial charge on any atom is 0.320 e. The monoisotopic (exact) mass is 243 g/mol. The van der Waals surface area contributed by atoms with Crippen LogP contribution in [-0.2, 0) is 9.53 Å². The van der Waals surface area contributed by atoms with Crippen LogP contribution in [0.15, 0.2) is 0 Å². The summed E-state index contributed by atoms with van der Waals surface area (Å²) in [6, 6.07) is -0.163. The lowest BCUT2D eigenvalue weighted by atomic mass is 9.97. The number of hydrogen-bond acceptors (Lipinski definition) is 3. The van der Waals surface area contributed by atoms with Gasteiger partial charge in [0.05, 0.1) is 6.10 Å². The average molecular weight is 243 g/mol. The maximum atomic E-state index is 11.1. The van der Waals surface area contributed by atoms with Crippen molar-refractivity contribution in [2.24, 2.45) is 5.92 Å². The molecule has 1 fully saturated rings. The minimum Gasteiger partial charge on any atom is -0.480 e. The molecule has 0 bridgehead atoms. The van der Waals surface area contributed by atoms with Gasteiger partial charge < -0.3 is 15.2 Å². The second-order valence-corrected chi connectivity index (χ2v) is 5.23. The molecule has 17 heavy (non-hydrogen) atoms. The first-order valence-corrected chi connectivity index (χ1v) is 6.65. The molecule has 1 heterocycles. The second kappa shape index (κ2) is 6.97. The van der Waals surface area contributed by atoms with Crippen LogP contribution in [0.3, 0.4) is 0 Å². The summed E-state index contributed by atoms with van der Waals surface area (Å²) in [7, 11) is 0. The van der Waals surface area contributed by atoms with Crippen LogP contribution in [0.4, 0.5) is 0 Å². The van der Waals surface area contributed by atoms with E-state index in [4.69, 9.17) is 9.84 Å². The third-order valence-electron chi connectivity index (χ3n) is 3.33. The van der Waals surface area contributed by atoms with Gasteiger partial charge in [0.15, 0.2) is 0 Å². The third kappa shape index (κ3) is 4.64. The Morgan fingerprint density at radius 1 is 1.53 bits per heavy atom. The van der Waals surface area contributed by atoms with E-state index >= 15 is 0 Å². The lowest BCUT2D eigenvalue weighted by molar-refractivity contribution is -0.141. The van der Waals surface area contributed by atoms with E-state index in [1.807, 2.05) is 13.8 Å². The molecule has 0 aromatic rings. The molecule has 0 saturated carbocycles. The Labute approximate surface area is 104 Å². The van der Waals surface area contributed by atoms with Crippen LogP contribution in [0.1, 0.15) is 46.5 Å². The Kier molecular flexibility index (Phi) is 5.92. The Balaban J connectivity index is 2.46. The van der Waals surface area contributed by atoms with E-state index in [0.717, 1.165) is 32.3 Å². The number of carbonyl (C=O) groups is 1. The van der Waals surface area contributed by atoms with E-state index in [9.17, 15) is 4.79 Å². The fourth-order valence-corrected chi connectivity index (χ4v) is 2.36. The van der Waals surface area contributed by atoms with Gasteiger partial charge in [-0.3, -0.25) is 4.79 Å². The number of carboxylic acids is 1. The van der Waals surface area contributed by atoms with E-state index in [-0.39, 0.29) is 12.0 Å². The zero-order chi connectivity index (χ0) is 12.8. The summed E-state index contributed by atoms with van der Waals surface area (Å²) < 4.78 is 5.66. The summed E-state index contributed by atoms with van der Waals surface area (Å²) in [6.07, 6.45) is 4.33. The SMILES string of the molecule is CCCC1CC(NC(C(=O)O)C(C)C)CCO1. The Morgan fingerprint density at radius 2 is 2.24 bits per heavy atom. The van der Waals surface area contributed by atoms with Gasteiger partial charge in [-0.2, -0.15) is 0 Å². The first kappa shape index (κ1) is 14.5. The molecule has 3 atom stereocenters. The molecule has 100 valence electrons. The van der Waals surface area contributed by atoms with Crippen molar-refractivity contribution in [3.63, 3.8) is 0 Å². The highest BCUT2D eigenvalue weighted by molar-refractivity contribution is 5.73. The van der Waals surface area contributed by atoms with Crippen LogP contribution in [-0.4, -0.2) is 35.9 Å². The van der Waals surface area contributed by atoms with Gasteiger partial charge in [0.25, 0.3) is 0 Å². The number of ether oxygens (including phenoxy) is 1. The first-order chi connectivity index (χ1) is 8.04. The molecule has 3 unspecified atom stereocenters. The zero-order valence-electron chi connectivity index (χ0n) is 11.1. The molecule has 1 aliphatic rings. The van der Waals surface area contributed by atoms with Gasteiger partial charge in [0, 0.05) is 12.6 Å². The van der Waals surface area contributed by atoms with Crippen molar-refractivity contribution in [1.29, 1.82) is 0 Å². The fourth-order valence-electron chi connectivity index (χ4n) is 2.36. The Morgan fingerprint density at radius 3 is 2.76 bits per heavy atom. The van der Waals surface area contributed by atoms with E-state index in [1.54, 1.807) is 0 Å². The fraction of sp³-hybridized carbons (Fsp3) is 0.923. The van der Waals surface area contributed by atoms with Crippen molar-refractivity contribution < 1.29 is 14.6 Å². The molecule has 2 N–H and O–H groups in total. The topological polar surface area (TPSA) is 58.6 Å². The molecular weight excluding hydrogens is 218 g/mol. The van der Waals surface area contributed by atoms with Crippen molar-refractivity contribution in [2.45, 2.75) is 64.6 Å². The normalized spacial score (nSPS) is 27.1. The smallest absolute Gasteiger partial charge is 0.320 e. The highest BCUT2D eigenvalue weighted by atomic mass is 16.5. The number of hydrogen-bond donors (Lipinski definition) is 2. The van der Waals surface area contributed by atoms with Crippen molar-refractivity contribution >= 4 is 5.97 Å². The number of rotatable bonds is 6. The quantitative estimate of drug-likeness (QED) is 0.749. The molecule has 1 saturated heterocycles. The molecule has 1 aliphatic heterocycles. The van der Waals surface area contributed by atoms with Crippen molar-refractivity contribution in [1.82, 2.24) is 5.32 Å². The van der Waals surface area contributed by atoms with Crippen LogP contribution in [0.5, 0.6) is 0 Å². The predicted octanol–water partition coefficient (Wildman–Crippen LogP) is 2.03. The first-order valence-electron chi connectivity index (χ1n) is 6.65. The van der Waals surface area contributed by atoms with Gasteiger partial charge >= 0.3 is 5.97 Å². The molecule has 0 aliphatic carbocycles. The van der Waals surface area contributed by atoms with Crippen molar-refractivity contribution in [3.05, 3.63) is 0 Å². The van der Waals surface area contributed by atoms with Crippen LogP contribution in [0.2, 0.25) is 0 Å². The molecule has 0 aromatic heterocycles. The van der Waals surface area contributed by atoms with Crippen LogP contribution in [0.25, 0.3) is 0 Å². The highest BCUT2D eigenvalue weighted by Crippen LogP contribution is 2.19. The van der Waals surface area contributed by atoms with Crippen LogP contribution < -0.4 is 5.32 Å². The number of carboxylic acid groups (broad SMARTS) is 1.